The van der Waals surface area contributed by atoms with Crippen LogP contribution in [0, 0.1) is 0 Å². The molecule has 0 aromatic heterocycles. The molecule has 0 heterocycles. The molecule has 0 spiro atoms. The van der Waals surface area contributed by atoms with Crippen LogP contribution < -0.4 is 5.32 Å². The number of carboxylic acid groups (broad SMARTS) is 1. The van der Waals surface area contributed by atoms with E-state index < -0.39 is 12.0 Å². The van der Waals surface area contributed by atoms with Crippen molar-refractivity contribution in [1.29, 1.82) is 0 Å². The number of carbonyl (C=O) groups excluding carboxylic acids is 1. The van der Waals surface area contributed by atoms with Gasteiger partial charge in [0, 0.05) is 23.8 Å². The number of aliphatic carboxylic acids is 1. The second-order valence-electron chi connectivity index (χ2n) is 4.09. The van der Waals surface area contributed by atoms with Gasteiger partial charge in [-0.05, 0) is 17.7 Å². The maximum absolute atomic E-state index is 11.6. The molecule has 20 heavy (non-hydrogen) atoms. The third-order valence-electron chi connectivity index (χ3n) is 2.47. The Morgan fingerprint density at radius 1 is 1.30 bits per heavy atom. The minimum Gasteiger partial charge on any atom is -0.480 e. The van der Waals surface area contributed by atoms with E-state index >= 15 is 0 Å². The number of aliphatic hydroxyl groups excluding tert-OH is 1. The number of halogens is 1. The van der Waals surface area contributed by atoms with E-state index in [4.69, 9.17) is 21.8 Å². The summed E-state index contributed by atoms with van der Waals surface area (Å²) in [7, 11) is 0. The van der Waals surface area contributed by atoms with Crippen molar-refractivity contribution in [1.82, 2.24) is 5.32 Å². The molecule has 0 saturated carbocycles. The molecule has 1 aromatic carbocycles. The lowest BCUT2D eigenvalue weighted by atomic mass is 10.2. The largest absolute Gasteiger partial charge is 0.480 e. The van der Waals surface area contributed by atoms with Gasteiger partial charge >= 0.3 is 5.97 Å². The molecule has 110 valence electrons. The monoisotopic (exact) mass is 317 g/mol. The van der Waals surface area contributed by atoms with Gasteiger partial charge in [-0.1, -0.05) is 23.7 Å². The zero-order valence-corrected chi connectivity index (χ0v) is 12.3. The lowest BCUT2D eigenvalue weighted by Gasteiger charge is -2.12. The van der Waals surface area contributed by atoms with Gasteiger partial charge in [0.15, 0.2) is 0 Å². The Bertz CT molecular complexity index is 452. The molecule has 7 heteroatoms. The molecular formula is C13H16ClNO4S. The van der Waals surface area contributed by atoms with E-state index in [9.17, 15) is 9.59 Å². The highest BCUT2D eigenvalue weighted by atomic mass is 35.5. The molecule has 1 amide bonds. The van der Waals surface area contributed by atoms with Gasteiger partial charge in [-0.25, -0.2) is 4.79 Å². The fourth-order valence-corrected chi connectivity index (χ4v) is 2.39. The second-order valence-corrected chi connectivity index (χ2v) is 5.51. The van der Waals surface area contributed by atoms with Gasteiger partial charge < -0.3 is 15.5 Å². The number of nitrogens with one attached hydrogen (secondary N) is 1. The van der Waals surface area contributed by atoms with Gasteiger partial charge in [-0.15, -0.1) is 11.8 Å². The highest BCUT2D eigenvalue weighted by molar-refractivity contribution is 7.99. The number of hydrogen-bond donors (Lipinski definition) is 3. The van der Waals surface area contributed by atoms with E-state index in [1.165, 1.54) is 11.8 Å². The summed E-state index contributed by atoms with van der Waals surface area (Å²) >= 11 is 7.15. The number of hydrogen-bond acceptors (Lipinski definition) is 4. The number of carboxylic acids is 1. The predicted octanol–water partition coefficient (Wildman–Crippen LogP) is 1.52. The molecule has 0 aliphatic carbocycles. The maximum atomic E-state index is 11.6. The van der Waals surface area contributed by atoms with Crippen molar-refractivity contribution in [2.45, 2.75) is 18.2 Å². The van der Waals surface area contributed by atoms with Crippen LogP contribution in [0.25, 0.3) is 0 Å². The lowest BCUT2D eigenvalue weighted by Crippen LogP contribution is -2.42. The van der Waals surface area contributed by atoms with Crippen LogP contribution in [0.4, 0.5) is 0 Å². The van der Waals surface area contributed by atoms with E-state index in [0.717, 1.165) is 5.56 Å². The van der Waals surface area contributed by atoms with Gasteiger partial charge in [-0.2, -0.15) is 0 Å². The summed E-state index contributed by atoms with van der Waals surface area (Å²) in [5.74, 6) is -0.694. The molecule has 1 unspecified atom stereocenters. The third kappa shape index (κ3) is 6.27. The Morgan fingerprint density at radius 3 is 2.50 bits per heavy atom. The first-order valence-corrected chi connectivity index (χ1v) is 7.51. The van der Waals surface area contributed by atoms with Gasteiger partial charge in [-0.3, -0.25) is 4.79 Å². The number of rotatable bonds is 8. The standard InChI is InChI=1S/C13H16ClNO4S/c14-10-3-1-9(2-4-10)7-20-8-12(17)15-11(5-6-16)13(18)19/h1-4,11,16H,5-8H2,(H,15,17)(H,18,19). The summed E-state index contributed by atoms with van der Waals surface area (Å²) in [4.78, 5) is 22.4. The lowest BCUT2D eigenvalue weighted by molar-refractivity contribution is -0.141. The Hall–Kier alpha value is -1.24. The third-order valence-corrected chi connectivity index (χ3v) is 3.72. The molecule has 0 fully saturated rings. The minimum atomic E-state index is -1.14. The summed E-state index contributed by atoms with van der Waals surface area (Å²) in [6.45, 7) is -0.283. The van der Waals surface area contributed by atoms with E-state index in [0.29, 0.717) is 10.8 Å². The molecule has 0 bridgehead atoms. The van der Waals surface area contributed by atoms with Crippen molar-refractivity contribution in [2.75, 3.05) is 12.4 Å². The highest BCUT2D eigenvalue weighted by Gasteiger charge is 2.18. The van der Waals surface area contributed by atoms with Crippen LogP contribution in [0.5, 0.6) is 0 Å². The van der Waals surface area contributed by atoms with Crippen LogP contribution in [0.3, 0.4) is 0 Å². The van der Waals surface area contributed by atoms with Crippen LogP contribution >= 0.6 is 23.4 Å². The summed E-state index contributed by atoms with van der Waals surface area (Å²) < 4.78 is 0. The molecule has 0 saturated heterocycles. The first kappa shape index (κ1) is 16.8. The molecule has 1 aromatic rings. The van der Waals surface area contributed by atoms with Crippen molar-refractivity contribution < 1.29 is 19.8 Å². The molecule has 0 radical (unpaired) electrons. The fraction of sp³-hybridized carbons (Fsp3) is 0.385. The average molecular weight is 318 g/mol. The molecule has 3 N–H and O–H groups in total. The van der Waals surface area contributed by atoms with Gasteiger partial charge in [0.05, 0.1) is 5.75 Å². The smallest absolute Gasteiger partial charge is 0.326 e. The molecule has 1 rings (SSSR count). The Morgan fingerprint density at radius 2 is 1.95 bits per heavy atom. The molecular weight excluding hydrogens is 302 g/mol. The number of benzene rings is 1. The average Bonchev–Trinajstić information content (AvgIpc) is 2.40. The van der Waals surface area contributed by atoms with Crippen molar-refractivity contribution >= 4 is 35.2 Å². The summed E-state index contributed by atoms with van der Waals surface area (Å²) in [5, 5.41) is 20.6. The summed E-state index contributed by atoms with van der Waals surface area (Å²) in [5.41, 5.74) is 1.04. The van der Waals surface area contributed by atoms with Crippen LogP contribution in [-0.4, -0.2) is 40.5 Å². The Labute approximate surface area is 126 Å². The maximum Gasteiger partial charge on any atom is 0.326 e. The van der Waals surface area contributed by atoms with Crippen LogP contribution in [0.15, 0.2) is 24.3 Å². The molecule has 0 aliphatic heterocycles. The van der Waals surface area contributed by atoms with Gasteiger partial charge in [0.1, 0.15) is 6.04 Å². The van der Waals surface area contributed by atoms with Gasteiger partial charge in [0.2, 0.25) is 5.91 Å². The fourth-order valence-electron chi connectivity index (χ4n) is 1.46. The first-order chi connectivity index (χ1) is 9.52. The molecule has 0 aliphatic rings. The minimum absolute atomic E-state index is 0.00290. The number of carbonyl (C=O) groups is 2. The van der Waals surface area contributed by atoms with Crippen LogP contribution in [0.2, 0.25) is 5.02 Å². The topological polar surface area (TPSA) is 86.6 Å². The van der Waals surface area contributed by atoms with E-state index in [-0.39, 0.29) is 24.7 Å². The zero-order valence-electron chi connectivity index (χ0n) is 10.7. The molecule has 5 nitrogen and oxygen atoms in total. The van der Waals surface area contributed by atoms with E-state index in [1.807, 2.05) is 12.1 Å². The van der Waals surface area contributed by atoms with Crippen molar-refractivity contribution in [2.24, 2.45) is 0 Å². The number of thioether (sulfide) groups is 1. The van der Waals surface area contributed by atoms with E-state index in [1.54, 1.807) is 12.1 Å². The highest BCUT2D eigenvalue weighted by Crippen LogP contribution is 2.15. The van der Waals surface area contributed by atoms with Crippen molar-refractivity contribution in [3.8, 4) is 0 Å². The van der Waals surface area contributed by atoms with Gasteiger partial charge in [0.25, 0.3) is 0 Å². The normalized spacial score (nSPS) is 11.9. The Kier molecular flexibility index (Phi) is 7.43. The van der Waals surface area contributed by atoms with Crippen LogP contribution in [-0.2, 0) is 15.3 Å². The first-order valence-electron chi connectivity index (χ1n) is 5.98. The van der Waals surface area contributed by atoms with E-state index in [2.05, 4.69) is 5.32 Å². The SMILES string of the molecule is O=C(CSCc1ccc(Cl)cc1)NC(CCO)C(=O)O. The molecule has 1 atom stereocenters. The predicted molar refractivity (Wildman–Crippen MR) is 78.9 cm³/mol. The summed E-state index contributed by atoms with van der Waals surface area (Å²) in [6, 6.07) is 6.26. The summed E-state index contributed by atoms with van der Waals surface area (Å²) in [6.07, 6.45) is 0.00290. The quantitative estimate of drug-likeness (QED) is 0.677. The number of amides is 1. The number of aliphatic hydroxyl groups is 1. The van der Waals surface area contributed by atoms with Crippen molar-refractivity contribution in [3.05, 3.63) is 34.9 Å². The zero-order chi connectivity index (χ0) is 15.0. The van der Waals surface area contributed by atoms with Crippen LogP contribution in [0.1, 0.15) is 12.0 Å². The Balaban J connectivity index is 2.32. The second kappa shape index (κ2) is 8.84. The van der Waals surface area contributed by atoms with Crippen molar-refractivity contribution in [3.63, 3.8) is 0 Å².